The molecule has 3 heterocycles. The predicted octanol–water partition coefficient (Wildman–Crippen LogP) is 4.55. The van der Waals surface area contributed by atoms with E-state index in [9.17, 15) is 9.59 Å². The van der Waals surface area contributed by atoms with Crippen molar-refractivity contribution >= 4 is 17.5 Å². The zero-order valence-corrected chi connectivity index (χ0v) is 20.2. The third-order valence-electron chi connectivity index (χ3n) is 6.41. The molecule has 0 unspecified atom stereocenters. The van der Waals surface area contributed by atoms with E-state index in [0.29, 0.717) is 43.9 Å². The number of likely N-dealkylation sites (tertiary alicyclic amines) is 1. The molecule has 2 aromatic carbocycles. The van der Waals surface area contributed by atoms with Crippen molar-refractivity contribution in [2.24, 2.45) is 5.92 Å². The van der Waals surface area contributed by atoms with E-state index >= 15 is 0 Å². The molecule has 1 aliphatic rings. The Morgan fingerprint density at radius 1 is 0.972 bits per heavy atom. The summed E-state index contributed by atoms with van der Waals surface area (Å²) in [7, 11) is 0. The Balaban J connectivity index is 1.27. The zero-order chi connectivity index (χ0) is 24.9. The van der Waals surface area contributed by atoms with Gasteiger partial charge in [0.1, 0.15) is 11.3 Å². The number of anilines is 1. The molecular weight excluding hydrogens is 454 g/mol. The van der Waals surface area contributed by atoms with Crippen LogP contribution in [-0.2, 0) is 4.79 Å². The maximum atomic E-state index is 13.6. The number of piperidine rings is 1. The average Bonchev–Trinajstić information content (AvgIpc) is 3.60. The molecule has 0 radical (unpaired) electrons. The van der Waals surface area contributed by atoms with Gasteiger partial charge in [-0.15, -0.1) is 0 Å². The van der Waals surface area contributed by atoms with Gasteiger partial charge in [-0.05, 0) is 68.3 Å². The smallest absolute Gasteiger partial charge is 0.259 e. The fraction of sp³-hybridized carbons (Fsp3) is 0.250. The van der Waals surface area contributed by atoms with Gasteiger partial charge in [-0.1, -0.05) is 18.2 Å². The highest BCUT2D eigenvalue weighted by Gasteiger charge is 2.30. The summed E-state index contributed by atoms with van der Waals surface area (Å²) in [6.07, 6.45) is 6.67. The van der Waals surface area contributed by atoms with Crippen molar-refractivity contribution in [2.75, 3.05) is 25.0 Å². The lowest BCUT2D eigenvalue weighted by Gasteiger charge is -2.31. The summed E-state index contributed by atoms with van der Waals surface area (Å²) in [5.41, 5.74) is 2.16. The van der Waals surface area contributed by atoms with E-state index in [2.05, 4.69) is 10.4 Å². The number of rotatable bonds is 7. The van der Waals surface area contributed by atoms with Crippen LogP contribution >= 0.6 is 0 Å². The Hall–Kier alpha value is -4.33. The van der Waals surface area contributed by atoms with Crippen molar-refractivity contribution in [3.8, 4) is 17.3 Å². The van der Waals surface area contributed by atoms with Crippen LogP contribution < -0.4 is 10.1 Å². The van der Waals surface area contributed by atoms with Crippen molar-refractivity contribution < 1.29 is 14.3 Å². The van der Waals surface area contributed by atoms with Crippen LogP contribution in [0, 0.1) is 5.92 Å². The van der Waals surface area contributed by atoms with E-state index in [1.165, 1.54) is 0 Å². The maximum Gasteiger partial charge on any atom is 0.259 e. The van der Waals surface area contributed by atoms with Crippen LogP contribution in [0.2, 0.25) is 0 Å². The highest BCUT2D eigenvalue weighted by molar-refractivity contribution is 5.98. The van der Waals surface area contributed by atoms with E-state index in [1.807, 2.05) is 95.5 Å². The van der Waals surface area contributed by atoms with Gasteiger partial charge in [0.15, 0.2) is 5.82 Å². The Morgan fingerprint density at radius 3 is 2.33 bits per heavy atom. The summed E-state index contributed by atoms with van der Waals surface area (Å²) in [5.74, 6) is 1.24. The molecule has 2 amide bonds. The molecule has 0 aliphatic carbocycles. The van der Waals surface area contributed by atoms with Gasteiger partial charge >= 0.3 is 0 Å². The molecule has 8 nitrogen and oxygen atoms in total. The number of ether oxygens (including phenoxy) is 1. The van der Waals surface area contributed by atoms with Gasteiger partial charge in [0.2, 0.25) is 5.91 Å². The van der Waals surface area contributed by atoms with Crippen molar-refractivity contribution in [3.63, 3.8) is 0 Å². The number of carbonyl (C=O) groups excluding carboxylic acids is 2. The number of hydrogen-bond acceptors (Lipinski definition) is 4. The molecule has 2 aromatic heterocycles. The maximum absolute atomic E-state index is 13.6. The van der Waals surface area contributed by atoms with Crippen LogP contribution in [0.1, 0.15) is 30.1 Å². The predicted molar refractivity (Wildman–Crippen MR) is 138 cm³/mol. The molecule has 36 heavy (non-hydrogen) atoms. The van der Waals surface area contributed by atoms with E-state index in [1.54, 1.807) is 10.9 Å². The number of hydrogen-bond donors (Lipinski definition) is 1. The van der Waals surface area contributed by atoms with Crippen LogP contribution in [0.3, 0.4) is 0 Å². The number of aromatic nitrogens is 3. The highest BCUT2D eigenvalue weighted by atomic mass is 16.5. The lowest BCUT2D eigenvalue weighted by molar-refractivity contribution is -0.121. The van der Waals surface area contributed by atoms with Gasteiger partial charge < -0.3 is 19.5 Å². The molecule has 5 rings (SSSR count). The molecule has 0 atom stereocenters. The normalized spacial score (nSPS) is 14.0. The number of para-hydroxylation sites is 1. The Bertz CT molecular complexity index is 1310. The minimum absolute atomic E-state index is 0.0174. The molecule has 1 fully saturated rings. The third-order valence-corrected chi connectivity index (χ3v) is 6.41. The lowest BCUT2D eigenvalue weighted by atomic mass is 9.95. The number of nitrogens with one attached hydrogen (secondary N) is 1. The first kappa shape index (κ1) is 23.4. The average molecular weight is 484 g/mol. The summed E-state index contributed by atoms with van der Waals surface area (Å²) < 4.78 is 9.14. The first-order valence-corrected chi connectivity index (χ1v) is 12.2. The van der Waals surface area contributed by atoms with Crippen LogP contribution in [0.5, 0.6) is 5.75 Å². The van der Waals surface area contributed by atoms with E-state index in [0.717, 1.165) is 17.1 Å². The van der Waals surface area contributed by atoms with Crippen LogP contribution in [-0.4, -0.2) is 50.8 Å². The third kappa shape index (κ3) is 4.88. The molecular formula is C28H29N5O3. The van der Waals surface area contributed by atoms with Crippen molar-refractivity contribution in [1.82, 2.24) is 19.2 Å². The SMILES string of the molecule is CCOc1ccc(NC(=O)C2CCN(C(=O)c3cnn(-c4ccccc4)c3-n3cccc3)CC2)cc1. The molecule has 8 heteroatoms. The van der Waals surface area contributed by atoms with Gasteiger partial charge in [0, 0.05) is 37.1 Å². The summed E-state index contributed by atoms with van der Waals surface area (Å²) >= 11 is 0. The van der Waals surface area contributed by atoms with E-state index in [4.69, 9.17) is 4.74 Å². The van der Waals surface area contributed by atoms with Crippen molar-refractivity contribution in [1.29, 1.82) is 0 Å². The molecule has 0 bridgehead atoms. The van der Waals surface area contributed by atoms with Crippen LogP contribution in [0.15, 0.2) is 85.3 Å². The second kappa shape index (κ2) is 10.5. The number of amides is 2. The van der Waals surface area contributed by atoms with Crippen LogP contribution in [0.25, 0.3) is 11.5 Å². The fourth-order valence-electron chi connectivity index (χ4n) is 4.54. The van der Waals surface area contributed by atoms with Gasteiger partial charge in [-0.3, -0.25) is 9.59 Å². The standard InChI is InChI=1S/C28H29N5O3/c1-2-36-24-12-10-22(11-13-24)30-26(34)21-14-18-32(19-15-21)28(35)25-20-29-33(23-8-4-3-5-9-23)27(25)31-16-6-7-17-31/h3-13,16-17,20-21H,2,14-15,18-19H2,1H3,(H,30,34). The van der Waals surface area contributed by atoms with E-state index < -0.39 is 0 Å². The second-order valence-corrected chi connectivity index (χ2v) is 8.73. The quantitative estimate of drug-likeness (QED) is 0.418. The molecule has 1 saturated heterocycles. The van der Waals surface area contributed by atoms with Gasteiger partial charge in [0.25, 0.3) is 5.91 Å². The Labute approximate surface area is 210 Å². The fourth-order valence-corrected chi connectivity index (χ4v) is 4.54. The summed E-state index contributed by atoms with van der Waals surface area (Å²) in [6.45, 7) is 3.57. The summed E-state index contributed by atoms with van der Waals surface area (Å²) in [6, 6.07) is 21.0. The topological polar surface area (TPSA) is 81.4 Å². The van der Waals surface area contributed by atoms with Crippen molar-refractivity contribution in [2.45, 2.75) is 19.8 Å². The molecule has 1 aliphatic heterocycles. The molecule has 0 saturated carbocycles. The second-order valence-electron chi connectivity index (χ2n) is 8.73. The Morgan fingerprint density at radius 2 is 1.67 bits per heavy atom. The van der Waals surface area contributed by atoms with Crippen molar-refractivity contribution in [3.05, 3.63) is 90.9 Å². The van der Waals surface area contributed by atoms with Gasteiger partial charge in [0.05, 0.1) is 18.5 Å². The number of carbonyl (C=O) groups is 2. The van der Waals surface area contributed by atoms with Gasteiger partial charge in [-0.25, -0.2) is 4.68 Å². The first-order valence-electron chi connectivity index (χ1n) is 12.2. The minimum atomic E-state index is -0.142. The summed E-state index contributed by atoms with van der Waals surface area (Å²) in [4.78, 5) is 28.2. The molecule has 1 N–H and O–H groups in total. The van der Waals surface area contributed by atoms with Crippen LogP contribution in [0.4, 0.5) is 5.69 Å². The largest absolute Gasteiger partial charge is 0.494 e. The lowest BCUT2D eigenvalue weighted by Crippen LogP contribution is -2.41. The zero-order valence-electron chi connectivity index (χ0n) is 20.2. The van der Waals surface area contributed by atoms with Gasteiger partial charge in [-0.2, -0.15) is 5.10 Å². The monoisotopic (exact) mass is 483 g/mol. The molecule has 184 valence electrons. The minimum Gasteiger partial charge on any atom is -0.494 e. The molecule has 4 aromatic rings. The highest BCUT2D eigenvalue weighted by Crippen LogP contribution is 2.25. The Kier molecular flexibility index (Phi) is 6.84. The van der Waals surface area contributed by atoms with E-state index in [-0.39, 0.29) is 17.7 Å². The number of nitrogens with zero attached hydrogens (tertiary/aromatic N) is 4. The molecule has 0 spiro atoms. The summed E-state index contributed by atoms with van der Waals surface area (Å²) in [5, 5.41) is 7.53. The number of benzene rings is 2. The first-order chi connectivity index (χ1) is 17.6.